The van der Waals surface area contributed by atoms with Gasteiger partial charge >= 0.3 is 0 Å². The van der Waals surface area contributed by atoms with Crippen LogP contribution in [0.5, 0.6) is 0 Å². The van der Waals surface area contributed by atoms with Gasteiger partial charge in [0.15, 0.2) is 0 Å². The average molecular weight is 253 g/mol. The van der Waals surface area contributed by atoms with Crippen LogP contribution in [0.25, 0.3) is 0 Å². The van der Waals surface area contributed by atoms with Crippen molar-refractivity contribution in [3.63, 3.8) is 0 Å². The van der Waals surface area contributed by atoms with Gasteiger partial charge in [-0.1, -0.05) is 26.2 Å². The van der Waals surface area contributed by atoms with E-state index < -0.39 is 0 Å². The van der Waals surface area contributed by atoms with E-state index in [9.17, 15) is 0 Å². The molecule has 1 aliphatic heterocycles. The lowest BCUT2D eigenvalue weighted by molar-refractivity contribution is 0.138. The van der Waals surface area contributed by atoms with Crippen LogP contribution in [0.3, 0.4) is 0 Å². The first kappa shape index (κ1) is 14.3. The number of hydrogen-bond donors (Lipinski definition) is 1. The van der Waals surface area contributed by atoms with E-state index in [0.717, 1.165) is 18.4 Å². The maximum Gasteiger partial charge on any atom is 0.0254 e. The Kier molecular flexibility index (Phi) is 5.05. The second-order valence-corrected chi connectivity index (χ2v) is 6.66. The van der Waals surface area contributed by atoms with Gasteiger partial charge < -0.3 is 10.6 Å². The highest BCUT2D eigenvalue weighted by atomic mass is 15.3. The number of nitrogens with zero attached hydrogens (tertiary/aromatic N) is 2. The molecule has 3 heteroatoms. The van der Waals surface area contributed by atoms with Crippen molar-refractivity contribution in [2.45, 2.75) is 51.1 Å². The lowest BCUT2D eigenvalue weighted by atomic mass is 9.83. The van der Waals surface area contributed by atoms with Crippen LogP contribution in [0, 0.1) is 11.8 Å². The molecule has 1 saturated heterocycles. The Bertz CT molecular complexity index is 248. The summed E-state index contributed by atoms with van der Waals surface area (Å²) in [7, 11) is 4.42. The number of likely N-dealkylation sites (N-methyl/N-ethyl adjacent to an activating group) is 1. The normalized spacial score (nSPS) is 33.2. The summed E-state index contributed by atoms with van der Waals surface area (Å²) in [5.74, 6) is 1.63. The van der Waals surface area contributed by atoms with E-state index in [4.69, 9.17) is 5.73 Å². The molecule has 1 aliphatic carbocycles. The van der Waals surface area contributed by atoms with Gasteiger partial charge in [-0.25, -0.2) is 0 Å². The summed E-state index contributed by atoms with van der Waals surface area (Å²) < 4.78 is 0. The third kappa shape index (κ3) is 3.06. The minimum atomic E-state index is 0.637. The highest BCUT2D eigenvalue weighted by Gasteiger charge is 2.37. The minimum Gasteiger partial charge on any atom is -0.329 e. The van der Waals surface area contributed by atoms with Gasteiger partial charge in [0, 0.05) is 31.7 Å². The zero-order chi connectivity index (χ0) is 13.1. The van der Waals surface area contributed by atoms with Crippen LogP contribution >= 0.6 is 0 Å². The summed E-state index contributed by atoms with van der Waals surface area (Å²) >= 11 is 0. The molecule has 0 spiro atoms. The quantitative estimate of drug-likeness (QED) is 0.829. The Labute approximate surface area is 113 Å². The molecule has 2 rings (SSSR count). The molecular formula is C15H31N3. The van der Waals surface area contributed by atoms with Gasteiger partial charge in [-0.3, -0.25) is 4.90 Å². The molecule has 2 fully saturated rings. The Morgan fingerprint density at radius 1 is 1.17 bits per heavy atom. The van der Waals surface area contributed by atoms with E-state index in [1.807, 2.05) is 0 Å². The maximum atomic E-state index is 6.10. The topological polar surface area (TPSA) is 32.5 Å². The maximum absolute atomic E-state index is 6.10. The molecular weight excluding hydrogens is 222 g/mol. The zero-order valence-electron chi connectivity index (χ0n) is 12.4. The third-order valence-electron chi connectivity index (χ3n) is 5.17. The van der Waals surface area contributed by atoms with Crippen molar-refractivity contribution in [3.8, 4) is 0 Å². The van der Waals surface area contributed by atoms with Crippen LogP contribution in [-0.2, 0) is 0 Å². The first-order valence-corrected chi connectivity index (χ1v) is 7.74. The summed E-state index contributed by atoms with van der Waals surface area (Å²) in [6.07, 6.45) is 7.08. The van der Waals surface area contributed by atoms with Crippen LogP contribution in [0.15, 0.2) is 0 Å². The standard InChI is InChI=1S/C15H31N3/c1-12-10-18(11-15(12)17(2)3)14(9-16)13-7-5-4-6-8-13/h12-15H,4-11,16H2,1-3H3. The number of nitrogens with two attached hydrogens (primary N) is 1. The van der Waals surface area contributed by atoms with Crippen LogP contribution in [-0.4, -0.2) is 55.6 Å². The van der Waals surface area contributed by atoms with Crippen molar-refractivity contribution in [1.29, 1.82) is 0 Å². The van der Waals surface area contributed by atoms with E-state index >= 15 is 0 Å². The van der Waals surface area contributed by atoms with E-state index in [1.54, 1.807) is 0 Å². The largest absolute Gasteiger partial charge is 0.329 e. The molecule has 106 valence electrons. The summed E-state index contributed by atoms with van der Waals surface area (Å²) in [5.41, 5.74) is 6.10. The Morgan fingerprint density at radius 3 is 2.33 bits per heavy atom. The second kappa shape index (κ2) is 6.36. The molecule has 0 aromatic carbocycles. The predicted octanol–water partition coefficient (Wildman–Crippen LogP) is 1.78. The molecule has 0 bridgehead atoms. The molecule has 1 saturated carbocycles. The molecule has 0 amide bonds. The van der Waals surface area contributed by atoms with Gasteiger partial charge in [-0.2, -0.15) is 0 Å². The molecule has 0 radical (unpaired) electrons. The SMILES string of the molecule is CC1CN(C(CN)C2CCCCC2)CC1N(C)C. The molecule has 1 heterocycles. The van der Waals surface area contributed by atoms with Crippen molar-refractivity contribution in [2.24, 2.45) is 17.6 Å². The fourth-order valence-corrected chi connectivity index (χ4v) is 4.09. The highest BCUT2D eigenvalue weighted by Crippen LogP contribution is 2.32. The van der Waals surface area contributed by atoms with Gasteiger partial charge in [0.1, 0.15) is 0 Å². The summed E-state index contributed by atoms with van der Waals surface area (Å²) in [5, 5.41) is 0. The minimum absolute atomic E-state index is 0.637. The van der Waals surface area contributed by atoms with E-state index in [0.29, 0.717) is 12.1 Å². The van der Waals surface area contributed by atoms with Crippen molar-refractivity contribution in [3.05, 3.63) is 0 Å². The van der Waals surface area contributed by atoms with Crippen LogP contribution in [0.2, 0.25) is 0 Å². The summed E-state index contributed by atoms with van der Waals surface area (Å²) in [6.45, 7) is 5.68. The van der Waals surface area contributed by atoms with E-state index in [2.05, 4.69) is 30.8 Å². The Hall–Kier alpha value is -0.120. The van der Waals surface area contributed by atoms with Crippen molar-refractivity contribution < 1.29 is 0 Å². The number of likely N-dealkylation sites (tertiary alicyclic amines) is 1. The lowest BCUT2D eigenvalue weighted by Crippen LogP contribution is -2.46. The van der Waals surface area contributed by atoms with Crippen molar-refractivity contribution >= 4 is 0 Å². The van der Waals surface area contributed by atoms with Crippen molar-refractivity contribution in [1.82, 2.24) is 9.80 Å². The monoisotopic (exact) mass is 253 g/mol. The van der Waals surface area contributed by atoms with Crippen LogP contribution in [0.4, 0.5) is 0 Å². The first-order chi connectivity index (χ1) is 8.63. The lowest BCUT2D eigenvalue weighted by Gasteiger charge is -2.36. The molecule has 3 unspecified atom stereocenters. The molecule has 3 atom stereocenters. The fraction of sp³-hybridized carbons (Fsp3) is 1.00. The number of hydrogen-bond acceptors (Lipinski definition) is 3. The van der Waals surface area contributed by atoms with Gasteiger partial charge in [0.25, 0.3) is 0 Å². The van der Waals surface area contributed by atoms with Gasteiger partial charge in [0.2, 0.25) is 0 Å². The Balaban J connectivity index is 1.96. The molecule has 18 heavy (non-hydrogen) atoms. The highest BCUT2D eigenvalue weighted by molar-refractivity contribution is 4.93. The van der Waals surface area contributed by atoms with Crippen LogP contribution in [0.1, 0.15) is 39.0 Å². The van der Waals surface area contributed by atoms with Gasteiger partial charge in [-0.05, 0) is 38.8 Å². The first-order valence-electron chi connectivity index (χ1n) is 7.74. The van der Waals surface area contributed by atoms with E-state index in [1.165, 1.54) is 45.2 Å². The molecule has 2 N–H and O–H groups in total. The summed E-state index contributed by atoms with van der Waals surface area (Å²) in [6, 6.07) is 1.35. The summed E-state index contributed by atoms with van der Waals surface area (Å²) in [4.78, 5) is 5.07. The Morgan fingerprint density at radius 2 is 1.83 bits per heavy atom. The van der Waals surface area contributed by atoms with Gasteiger partial charge in [-0.15, -0.1) is 0 Å². The second-order valence-electron chi connectivity index (χ2n) is 6.66. The molecule has 0 aromatic rings. The molecule has 2 aliphatic rings. The zero-order valence-corrected chi connectivity index (χ0v) is 12.4. The molecule has 0 aromatic heterocycles. The number of rotatable bonds is 4. The smallest absolute Gasteiger partial charge is 0.0254 e. The molecule has 3 nitrogen and oxygen atoms in total. The van der Waals surface area contributed by atoms with Crippen molar-refractivity contribution in [2.75, 3.05) is 33.7 Å². The average Bonchev–Trinajstić information content (AvgIpc) is 2.74. The van der Waals surface area contributed by atoms with E-state index in [-0.39, 0.29) is 0 Å². The fourth-order valence-electron chi connectivity index (χ4n) is 4.09. The van der Waals surface area contributed by atoms with Gasteiger partial charge in [0.05, 0.1) is 0 Å². The third-order valence-corrected chi connectivity index (χ3v) is 5.17. The van der Waals surface area contributed by atoms with Crippen LogP contribution < -0.4 is 5.73 Å². The predicted molar refractivity (Wildman–Crippen MR) is 77.6 cm³/mol.